The molecule has 1 heterocycles. The molecule has 0 radical (unpaired) electrons. The van der Waals surface area contributed by atoms with Crippen molar-refractivity contribution < 1.29 is 19.1 Å². The zero-order chi connectivity index (χ0) is 17.0. The summed E-state index contributed by atoms with van der Waals surface area (Å²) in [7, 11) is 0. The number of benzene rings is 1. The van der Waals surface area contributed by atoms with Crippen LogP contribution in [0.2, 0.25) is 5.02 Å². The van der Waals surface area contributed by atoms with Crippen molar-refractivity contribution in [1.29, 1.82) is 0 Å². The van der Waals surface area contributed by atoms with E-state index in [1.807, 2.05) is 0 Å². The van der Waals surface area contributed by atoms with E-state index in [0.717, 1.165) is 5.56 Å². The molecule has 7 heteroatoms. The van der Waals surface area contributed by atoms with E-state index in [1.165, 1.54) is 6.26 Å². The number of carboxylic acid groups (broad SMARTS) is 1. The highest BCUT2D eigenvalue weighted by Crippen LogP contribution is 2.21. The number of oxazole rings is 1. The molecule has 1 aromatic carbocycles. The lowest BCUT2D eigenvalue weighted by atomic mass is 9.94. The second kappa shape index (κ2) is 6.83. The van der Waals surface area contributed by atoms with Crippen LogP contribution in [0.15, 0.2) is 34.9 Å². The van der Waals surface area contributed by atoms with E-state index in [2.05, 4.69) is 10.3 Å². The van der Waals surface area contributed by atoms with Crippen molar-refractivity contribution in [2.75, 3.05) is 6.54 Å². The summed E-state index contributed by atoms with van der Waals surface area (Å²) in [6, 6.07) is 6.99. The maximum absolute atomic E-state index is 11.9. The van der Waals surface area contributed by atoms with Gasteiger partial charge in [-0.2, -0.15) is 0 Å². The van der Waals surface area contributed by atoms with Crippen LogP contribution in [0.1, 0.15) is 19.5 Å². The van der Waals surface area contributed by atoms with Crippen molar-refractivity contribution in [2.24, 2.45) is 5.41 Å². The lowest BCUT2D eigenvalue weighted by Crippen LogP contribution is -2.39. The second-order valence-corrected chi connectivity index (χ2v) is 6.23. The van der Waals surface area contributed by atoms with Crippen molar-refractivity contribution in [2.45, 2.75) is 20.3 Å². The number of nitrogens with one attached hydrogen (secondary N) is 1. The van der Waals surface area contributed by atoms with Crippen LogP contribution in [0.3, 0.4) is 0 Å². The van der Waals surface area contributed by atoms with Gasteiger partial charge in [0, 0.05) is 17.1 Å². The Hall–Kier alpha value is -2.34. The largest absolute Gasteiger partial charge is 0.481 e. The summed E-state index contributed by atoms with van der Waals surface area (Å²) in [6.07, 6.45) is 1.43. The molecule has 0 aliphatic rings. The first-order valence-electron chi connectivity index (χ1n) is 6.98. The van der Waals surface area contributed by atoms with Crippen molar-refractivity contribution in [1.82, 2.24) is 10.3 Å². The van der Waals surface area contributed by atoms with Gasteiger partial charge in [-0.25, -0.2) is 4.98 Å². The van der Waals surface area contributed by atoms with Gasteiger partial charge in [0.1, 0.15) is 6.26 Å². The van der Waals surface area contributed by atoms with Crippen LogP contribution < -0.4 is 5.32 Å². The number of aliphatic carboxylic acids is 1. The van der Waals surface area contributed by atoms with Gasteiger partial charge in [-0.3, -0.25) is 9.59 Å². The van der Waals surface area contributed by atoms with E-state index in [0.29, 0.717) is 16.6 Å². The van der Waals surface area contributed by atoms with Crippen LogP contribution in [0.4, 0.5) is 0 Å². The molecule has 0 aliphatic carbocycles. The van der Waals surface area contributed by atoms with Crippen LogP contribution >= 0.6 is 11.6 Å². The van der Waals surface area contributed by atoms with Gasteiger partial charge in [0.15, 0.2) is 0 Å². The number of amides is 1. The van der Waals surface area contributed by atoms with Crippen LogP contribution in [0.25, 0.3) is 11.5 Å². The number of carbonyl (C=O) groups excluding carboxylic acids is 1. The molecule has 0 saturated carbocycles. The SMILES string of the molecule is CC(C)(CNC(=O)Cc1coc(-c2ccc(Cl)cc2)n1)C(=O)O. The number of hydrogen-bond acceptors (Lipinski definition) is 4. The molecule has 1 amide bonds. The summed E-state index contributed by atoms with van der Waals surface area (Å²) < 4.78 is 5.35. The first-order chi connectivity index (χ1) is 10.8. The molecule has 0 spiro atoms. The molecule has 0 bridgehead atoms. The minimum atomic E-state index is -1.02. The highest BCUT2D eigenvalue weighted by Gasteiger charge is 2.27. The summed E-state index contributed by atoms with van der Waals surface area (Å²) in [5.41, 5.74) is 0.210. The summed E-state index contributed by atoms with van der Waals surface area (Å²) in [4.78, 5) is 27.1. The Bertz CT molecular complexity index is 707. The van der Waals surface area contributed by atoms with Gasteiger partial charge in [-0.15, -0.1) is 0 Å². The average molecular weight is 337 g/mol. The molecule has 0 aliphatic heterocycles. The van der Waals surface area contributed by atoms with Crippen LogP contribution in [0.5, 0.6) is 0 Å². The minimum absolute atomic E-state index is 0.0206. The molecule has 0 atom stereocenters. The first-order valence-corrected chi connectivity index (χ1v) is 7.36. The standard InChI is InChI=1S/C16H17ClN2O4/c1-16(2,15(21)22)9-18-13(20)7-12-8-23-14(19-12)10-3-5-11(17)6-4-10/h3-6,8H,7,9H2,1-2H3,(H,18,20)(H,21,22). The van der Waals surface area contributed by atoms with Gasteiger partial charge >= 0.3 is 5.97 Å². The Morgan fingerprint density at radius 1 is 1.30 bits per heavy atom. The Labute approximate surface area is 138 Å². The van der Waals surface area contributed by atoms with E-state index >= 15 is 0 Å². The Morgan fingerprint density at radius 3 is 2.57 bits per heavy atom. The molecule has 2 rings (SSSR count). The van der Waals surface area contributed by atoms with Gasteiger partial charge in [-0.05, 0) is 38.1 Å². The van der Waals surface area contributed by atoms with E-state index in [-0.39, 0.29) is 18.9 Å². The molecule has 0 unspecified atom stereocenters. The third-order valence-corrected chi connectivity index (χ3v) is 3.54. The smallest absolute Gasteiger partial charge is 0.310 e. The Balaban J connectivity index is 1.95. The predicted octanol–water partition coefficient (Wildman–Crippen LogP) is 2.76. The fourth-order valence-corrected chi connectivity index (χ4v) is 1.86. The summed E-state index contributed by atoms with van der Waals surface area (Å²) in [6.45, 7) is 3.14. The molecule has 1 aromatic heterocycles. The molecule has 122 valence electrons. The number of rotatable bonds is 6. The number of aromatic nitrogens is 1. The van der Waals surface area contributed by atoms with Crippen LogP contribution in [-0.4, -0.2) is 28.5 Å². The number of halogens is 1. The molecule has 23 heavy (non-hydrogen) atoms. The number of hydrogen-bond donors (Lipinski definition) is 2. The van der Waals surface area contributed by atoms with Gasteiger partial charge in [-0.1, -0.05) is 11.6 Å². The Kier molecular flexibility index (Phi) is 5.05. The van der Waals surface area contributed by atoms with Crippen molar-refractivity contribution in [3.8, 4) is 11.5 Å². The van der Waals surface area contributed by atoms with Crippen molar-refractivity contribution >= 4 is 23.5 Å². The monoisotopic (exact) mass is 336 g/mol. The van der Waals surface area contributed by atoms with E-state index in [9.17, 15) is 9.59 Å². The molecule has 2 N–H and O–H groups in total. The highest BCUT2D eigenvalue weighted by molar-refractivity contribution is 6.30. The van der Waals surface area contributed by atoms with Gasteiger partial charge < -0.3 is 14.8 Å². The summed E-state index contributed by atoms with van der Waals surface area (Å²) in [5, 5.41) is 12.2. The predicted molar refractivity (Wildman–Crippen MR) is 85.1 cm³/mol. The lowest BCUT2D eigenvalue weighted by molar-refractivity contribution is -0.146. The average Bonchev–Trinajstić information content (AvgIpc) is 2.94. The zero-order valence-electron chi connectivity index (χ0n) is 12.8. The van der Waals surface area contributed by atoms with E-state index in [4.69, 9.17) is 21.1 Å². The lowest BCUT2D eigenvalue weighted by Gasteiger charge is -2.19. The number of carbonyl (C=O) groups is 2. The normalized spacial score (nSPS) is 11.3. The molecule has 0 saturated heterocycles. The molecule has 6 nitrogen and oxygen atoms in total. The maximum atomic E-state index is 11.9. The molecular formula is C16H17ClN2O4. The minimum Gasteiger partial charge on any atom is -0.481 e. The van der Waals surface area contributed by atoms with E-state index < -0.39 is 11.4 Å². The van der Waals surface area contributed by atoms with Crippen LogP contribution in [-0.2, 0) is 16.0 Å². The Morgan fingerprint density at radius 2 is 1.96 bits per heavy atom. The van der Waals surface area contributed by atoms with Crippen molar-refractivity contribution in [3.05, 3.63) is 41.2 Å². The van der Waals surface area contributed by atoms with Crippen LogP contribution in [0, 0.1) is 5.41 Å². The maximum Gasteiger partial charge on any atom is 0.310 e. The third-order valence-electron chi connectivity index (χ3n) is 3.29. The summed E-state index contributed by atoms with van der Waals surface area (Å²) >= 11 is 5.82. The third kappa shape index (κ3) is 4.56. The summed E-state index contributed by atoms with van der Waals surface area (Å²) in [5.74, 6) is -0.880. The topological polar surface area (TPSA) is 92.4 Å². The number of carboxylic acids is 1. The molecular weight excluding hydrogens is 320 g/mol. The first kappa shape index (κ1) is 17.0. The number of nitrogens with zero attached hydrogens (tertiary/aromatic N) is 1. The zero-order valence-corrected chi connectivity index (χ0v) is 13.6. The quantitative estimate of drug-likeness (QED) is 0.846. The second-order valence-electron chi connectivity index (χ2n) is 5.79. The van der Waals surface area contributed by atoms with Gasteiger partial charge in [0.2, 0.25) is 11.8 Å². The van der Waals surface area contributed by atoms with Crippen molar-refractivity contribution in [3.63, 3.8) is 0 Å². The molecule has 0 fully saturated rings. The fourth-order valence-electron chi connectivity index (χ4n) is 1.74. The van der Waals surface area contributed by atoms with Gasteiger partial charge in [0.05, 0.1) is 17.5 Å². The highest BCUT2D eigenvalue weighted by atomic mass is 35.5. The van der Waals surface area contributed by atoms with Gasteiger partial charge in [0.25, 0.3) is 0 Å². The fraction of sp³-hybridized carbons (Fsp3) is 0.312. The molecule has 2 aromatic rings. The van der Waals surface area contributed by atoms with E-state index in [1.54, 1.807) is 38.1 Å².